The Morgan fingerprint density at radius 1 is 0.919 bits per heavy atom. The Hall–Kier alpha value is -3.23. The van der Waals surface area contributed by atoms with E-state index in [9.17, 15) is 14.4 Å². The maximum atomic E-state index is 12.5. The second kappa shape index (κ2) is 15.1. The summed E-state index contributed by atoms with van der Waals surface area (Å²) in [5.74, 6) is 0.253. The molecule has 3 amide bonds. The smallest absolute Gasteiger partial charge is 0.265 e. The fourth-order valence-corrected chi connectivity index (χ4v) is 4.56. The zero-order valence-corrected chi connectivity index (χ0v) is 22.1. The van der Waals surface area contributed by atoms with Crippen molar-refractivity contribution in [1.29, 1.82) is 0 Å². The van der Waals surface area contributed by atoms with Crippen molar-refractivity contribution in [2.75, 3.05) is 31.5 Å². The van der Waals surface area contributed by atoms with Crippen molar-refractivity contribution in [3.05, 3.63) is 65.2 Å². The molecule has 0 atom stereocenters. The maximum absolute atomic E-state index is 12.5. The molecule has 0 unspecified atom stereocenters. The molecule has 2 aromatic carbocycles. The second-order valence-electron chi connectivity index (χ2n) is 9.77. The Morgan fingerprint density at radius 2 is 1.62 bits per heavy atom. The molecule has 0 aliphatic carbocycles. The molecule has 1 aliphatic rings. The maximum Gasteiger partial charge on any atom is 0.265 e. The van der Waals surface area contributed by atoms with Crippen LogP contribution in [0.4, 0.5) is 5.69 Å². The van der Waals surface area contributed by atoms with Gasteiger partial charge in [0.05, 0.1) is 6.54 Å². The largest absolute Gasteiger partial charge is 0.351 e. The predicted molar refractivity (Wildman–Crippen MR) is 147 cm³/mol. The molecule has 1 aliphatic heterocycles. The van der Waals surface area contributed by atoms with Gasteiger partial charge in [-0.3, -0.25) is 24.7 Å². The molecule has 2 aromatic rings. The van der Waals surface area contributed by atoms with Crippen LogP contribution in [0.25, 0.3) is 0 Å². The average molecular weight is 508 g/mol. The summed E-state index contributed by atoms with van der Waals surface area (Å²) in [6, 6.07) is 15.4. The lowest BCUT2D eigenvalue weighted by Crippen LogP contribution is -2.41. The lowest BCUT2D eigenvalue weighted by atomic mass is 9.89. The molecule has 0 saturated carbocycles. The average Bonchev–Trinajstić information content (AvgIpc) is 2.90. The van der Waals surface area contributed by atoms with E-state index in [0.29, 0.717) is 24.6 Å². The van der Waals surface area contributed by atoms with E-state index in [2.05, 4.69) is 45.4 Å². The Balaban J connectivity index is 1.33. The molecule has 1 saturated heterocycles. The molecule has 8 nitrogen and oxygen atoms in total. The first kappa shape index (κ1) is 28.3. The summed E-state index contributed by atoms with van der Waals surface area (Å²) in [5, 5.41) is 5.79. The van der Waals surface area contributed by atoms with Crippen LogP contribution in [0.5, 0.6) is 0 Å². The van der Waals surface area contributed by atoms with Crippen molar-refractivity contribution >= 4 is 23.4 Å². The van der Waals surface area contributed by atoms with Crippen molar-refractivity contribution in [2.45, 2.75) is 64.8 Å². The summed E-state index contributed by atoms with van der Waals surface area (Å²) in [6.45, 7) is 7.02. The molecular formula is C29H41N5O3. The van der Waals surface area contributed by atoms with Crippen LogP contribution < -0.4 is 21.5 Å². The van der Waals surface area contributed by atoms with Crippen LogP contribution in [0.2, 0.25) is 0 Å². The van der Waals surface area contributed by atoms with Gasteiger partial charge in [0.1, 0.15) is 0 Å². The fourth-order valence-electron chi connectivity index (χ4n) is 4.56. The third kappa shape index (κ3) is 9.98. The summed E-state index contributed by atoms with van der Waals surface area (Å²) < 4.78 is 0. The minimum absolute atomic E-state index is 0.00667. The molecule has 4 N–H and O–H groups in total. The lowest BCUT2D eigenvalue weighted by molar-refractivity contribution is -0.122. The van der Waals surface area contributed by atoms with E-state index >= 15 is 0 Å². The topological polar surface area (TPSA) is 103 Å². The van der Waals surface area contributed by atoms with Crippen molar-refractivity contribution in [1.82, 2.24) is 21.1 Å². The van der Waals surface area contributed by atoms with Gasteiger partial charge in [0, 0.05) is 31.3 Å². The summed E-state index contributed by atoms with van der Waals surface area (Å²) in [5.41, 5.74) is 9.35. The number of hydrazine groups is 1. The predicted octanol–water partition coefficient (Wildman–Crippen LogP) is 3.96. The number of carbonyl (C=O) groups is 3. The molecular weight excluding hydrogens is 466 g/mol. The molecule has 1 fully saturated rings. The molecule has 8 heteroatoms. The molecule has 37 heavy (non-hydrogen) atoms. The van der Waals surface area contributed by atoms with Crippen LogP contribution >= 0.6 is 0 Å². The van der Waals surface area contributed by atoms with E-state index in [1.165, 1.54) is 25.3 Å². The highest BCUT2D eigenvalue weighted by Gasteiger charge is 2.22. The summed E-state index contributed by atoms with van der Waals surface area (Å²) >= 11 is 0. The number of rotatable bonds is 13. The van der Waals surface area contributed by atoms with Crippen LogP contribution in [0.3, 0.4) is 0 Å². The number of anilines is 1. The first-order chi connectivity index (χ1) is 17.9. The van der Waals surface area contributed by atoms with Gasteiger partial charge in [0.15, 0.2) is 0 Å². The van der Waals surface area contributed by atoms with E-state index in [-0.39, 0.29) is 17.7 Å². The van der Waals surface area contributed by atoms with Gasteiger partial charge in [-0.05, 0) is 73.7 Å². The molecule has 1 heterocycles. The zero-order chi connectivity index (χ0) is 26.5. The minimum atomic E-state index is -0.154. The third-order valence-electron chi connectivity index (χ3n) is 6.72. The Labute approximate surface area is 220 Å². The van der Waals surface area contributed by atoms with Crippen LogP contribution in [0.15, 0.2) is 48.5 Å². The lowest BCUT2D eigenvalue weighted by Gasteiger charge is -2.31. The van der Waals surface area contributed by atoms with Crippen molar-refractivity contribution < 1.29 is 14.4 Å². The normalized spacial score (nSPS) is 14.2. The number of nitrogens with zero attached hydrogens (tertiary/aromatic N) is 1. The van der Waals surface area contributed by atoms with Gasteiger partial charge in [0.2, 0.25) is 11.8 Å². The van der Waals surface area contributed by atoms with Crippen molar-refractivity contribution in [3.63, 3.8) is 0 Å². The van der Waals surface area contributed by atoms with E-state index in [1.54, 1.807) is 12.1 Å². The first-order valence-corrected chi connectivity index (χ1v) is 13.4. The molecule has 3 rings (SSSR count). The standard InChI is InChI=1S/C29H41N5O3/c1-3-4-5-6-17-31-33-29(37)26-9-7-23(8-10-26)20-30-28(36)21-34-18-15-25(16-19-34)24-11-13-27(14-12-24)32-22(2)35/h7-14,25,31H,3-6,15-21H2,1-2H3,(H,30,36)(H,32,35)(H,33,37). The van der Waals surface area contributed by atoms with Crippen LogP contribution in [0.1, 0.15) is 79.8 Å². The Kier molecular flexibility index (Phi) is 11.6. The van der Waals surface area contributed by atoms with Gasteiger partial charge in [-0.1, -0.05) is 50.5 Å². The highest BCUT2D eigenvalue weighted by atomic mass is 16.2. The Bertz CT molecular complexity index is 999. The molecule has 0 bridgehead atoms. The molecule has 0 radical (unpaired) electrons. The van der Waals surface area contributed by atoms with Gasteiger partial charge in [-0.2, -0.15) is 0 Å². The van der Waals surface area contributed by atoms with Crippen LogP contribution in [-0.2, 0) is 16.1 Å². The van der Waals surface area contributed by atoms with E-state index in [1.807, 2.05) is 24.3 Å². The van der Waals surface area contributed by atoms with Gasteiger partial charge < -0.3 is 10.6 Å². The number of benzene rings is 2. The van der Waals surface area contributed by atoms with E-state index in [0.717, 1.165) is 56.6 Å². The minimum Gasteiger partial charge on any atom is -0.351 e. The monoisotopic (exact) mass is 507 g/mol. The number of amides is 3. The zero-order valence-electron chi connectivity index (χ0n) is 22.1. The molecule has 0 spiro atoms. The number of nitrogens with one attached hydrogen (secondary N) is 4. The number of unbranched alkanes of at least 4 members (excludes halogenated alkanes) is 3. The molecule has 200 valence electrons. The van der Waals surface area contributed by atoms with Crippen LogP contribution in [-0.4, -0.2) is 48.8 Å². The van der Waals surface area contributed by atoms with E-state index < -0.39 is 0 Å². The number of likely N-dealkylation sites (tertiary alicyclic amines) is 1. The fraction of sp³-hybridized carbons (Fsp3) is 0.483. The van der Waals surface area contributed by atoms with Gasteiger partial charge in [0.25, 0.3) is 5.91 Å². The summed E-state index contributed by atoms with van der Waals surface area (Å²) in [4.78, 5) is 38.1. The van der Waals surface area contributed by atoms with Gasteiger partial charge in [-0.15, -0.1) is 0 Å². The SMILES string of the molecule is CCCCCCNNC(=O)c1ccc(CNC(=O)CN2CCC(c3ccc(NC(C)=O)cc3)CC2)cc1. The number of piperidine rings is 1. The second-order valence-corrected chi connectivity index (χ2v) is 9.77. The third-order valence-corrected chi connectivity index (χ3v) is 6.72. The van der Waals surface area contributed by atoms with Crippen molar-refractivity contribution in [3.8, 4) is 0 Å². The number of hydrogen-bond donors (Lipinski definition) is 4. The van der Waals surface area contributed by atoms with Gasteiger partial charge >= 0.3 is 0 Å². The van der Waals surface area contributed by atoms with Crippen molar-refractivity contribution in [2.24, 2.45) is 0 Å². The first-order valence-electron chi connectivity index (χ1n) is 13.4. The number of hydrogen-bond acceptors (Lipinski definition) is 5. The van der Waals surface area contributed by atoms with Crippen LogP contribution in [0, 0.1) is 0 Å². The quantitative estimate of drug-likeness (QED) is 0.243. The highest BCUT2D eigenvalue weighted by molar-refractivity contribution is 5.93. The highest BCUT2D eigenvalue weighted by Crippen LogP contribution is 2.28. The summed E-state index contributed by atoms with van der Waals surface area (Å²) in [7, 11) is 0. The van der Waals surface area contributed by atoms with Gasteiger partial charge in [-0.25, -0.2) is 5.43 Å². The number of carbonyl (C=O) groups excluding carboxylic acids is 3. The van der Waals surface area contributed by atoms with E-state index in [4.69, 9.17) is 0 Å². The molecule has 0 aromatic heterocycles. The summed E-state index contributed by atoms with van der Waals surface area (Å²) in [6.07, 6.45) is 6.61. The Morgan fingerprint density at radius 3 is 2.27 bits per heavy atom.